The summed E-state index contributed by atoms with van der Waals surface area (Å²) >= 11 is 3.07. The number of aryl methyl sites for hydroxylation is 1. The maximum Gasteiger partial charge on any atom is 0.149 e. The first-order valence-electron chi connectivity index (χ1n) is 5.76. The van der Waals surface area contributed by atoms with E-state index >= 15 is 0 Å². The first-order chi connectivity index (χ1) is 8.75. The molecule has 0 aromatic carbocycles. The normalized spacial score (nSPS) is 16.2. The number of aromatic nitrogens is 2. The number of hydrogen-bond donors (Lipinski definition) is 1. The Balaban J connectivity index is 2.00. The minimum absolute atomic E-state index is 0.579. The molecule has 5 nitrogen and oxygen atoms in total. The summed E-state index contributed by atoms with van der Waals surface area (Å²) in [6.07, 6.45) is 0. The lowest BCUT2D eigenvalue weighted by Crippen LogP contribution is -2.35. The fourth-order valence-electron chi connectivity index (χ4n) is 1.95. The molecule has 2 aromatic rings. The highest BCUT2D eigenvalue weighted by Crippen LogP contribution is 2.40. The van der Waals surface area contributed by atoms with E-state index in [4.69, 9.17) is 10.5 Å². The standard InChI is InChI=1S/C11H14N4OS2/c1-7-6-17-10(13-7)8-9(12)14-18-11(8)15-2-4-16-5-3-15/h6H,2-5H2,1H3,(H2,12,14). The third kappa shape index (κ3) is 2.09. The first-order valence-corrected chi connectivity index (χ1v) is 7.41. The van der Waals surface area contributed by atoms with E-state index in [2.05, 4.69) is 14.3 Å². The van der Waals surface area contributed by atoms with Gasteiger partial charge in [0.1, 0.15) is 15.8 Å². The number of anilines is 2. The Hall–Kier alpha value is -1.18. The quantitative estimate of drug-likeness (QED) is 0.912. The van der Waals surface area contributed by atoms with Crippen LogP contribution in [0, 0.1) is 6.92 Å². The molecule has 0 spiro atoms. The van der Waals surface area contributed by atoms with Gasteiger partial charge in [0.2, 0.25) is 0 Å². The van der Waals surface area contributed by atoms with Gasteiger partial charge >= 0.3 is 0 Å². The van der Waals surface area contributed by atoms with Crippen LogP contribution in [0.2, 0.25) is 0 Å². The molecule has 7 heteroatoms. The molecule has 96 valence electrons. The predicted octanol–water partition coefficient (Wildman–Crippen LogP) is 1.99. The molecule has 18 heavy (non-hydrogen) atoms. The predicted molar refractivity (Wildman–Crippen MR) is 75.4 cm³/mol. The van der Waals surface area contributed by atoms with Crippen molar-refractivity contribution in [3.8, 4) is 10.6 Å². The van der Waals surface area contributed by atoms with Crippen LogP contribution in [0.15, 0.2) is 5.38 Å². The van der Waals surface area contributed by atoms with Crippen LogP contribution >= 0.6 is 22.9 Å². The van der Waals surface area contributed by atoms with Crippen molar-refractivity contribution in [2.24, 2.45) is 0 Å². The second kappa shape index (κ2) is 4.83. The summed E-state index contributed by atoms with van der Waals surface area (Å²) in [4.78, 5) is 6.80. The Morgan fingerprint density at radius 1 is 1.39 bits per heavy atom. The summed E-state index contributed by atoms with van der Waals surface area (Å²) in [5.74, 6) is 0.579. The Bertz CT molecular complexity index is 545. The second-order valence-corrected chi connectivity index (χ2v) is 5.75. The molecule has 3 rings (SSSR count). The van der Waals surface area contributed by atoms with Crippen LogP contribution in [0.4, 0.5) is 10.8 Å². The van der Waals surface area contributed by atoms with E-state index in [-0.39, 0.29) is 0 Å². The average Bonchev–Trinajstić information content (AvgIpc) is 2.96. The van der Waals surface area contributed by atoms with Gasteiger partial charge in [-0.1, -0.05) is 0 Å². The topological polar surface area (TPSA) is 64.3 Å². The van der Waals surface area contributed by atoms with Gasteiger partial charge in [0.05, 0.1) is 18.8 Å². The third-order valence-electron chi connectivity index (χ3n) is 2.83. The summed E-state index contributed by atoms with van der Waals surface area (Å²) in [5, 5.41) is 4.11. The molecular formula is C11H14N4OS2. The molecule has 0 amide bonds. The molecule has 1 aliphatic heterocycles. The summed E-state index contributed by atoms with van der Waals surface area (Å²) in [6.45, 7) is 5.28. The first kappa shape index (κ1) is 11.9. The molecule has 1 saturated heterocycles. The molecule has 0 saturated carbocycles. The lowest BCUT2D eigenvalue weighted by Gasteiger charge is -2.27. The van der Waals surface area contributed by atoms with E-state index in [1.54, 1.807) is 11.3 Å². The Labute approximate surface area is 113 Å². The number of ether oxygens (including phenoxy) is 1. The van der Waals surface area contributed by atoms with Gasteiger partial charge in [-0.25, -0.2) is 4.98 Å². The van der Waals surface area contributed by atoms with Gasteiger partial charge in [-0.15, -0.1) is 11.3 Å². The SMILES string of the molecule is Cc1csc(-c2c(N)nsc2N2CCOCC2)n1. The maximum atomic E-state index is 6.00. The van der Waals surface area contributed by atoms with Gasteiger partial charge in [0.25, 0.3) is 0 Å². The summed E-state index contributed by atoms with van der Waals surface area (Å²) in [5.41, 5.74) is 8.01. The molecule has 1 aliphatic rings. The number of thiazole rings is 1. The van der Waals surface area contributed by atoms with Crippen molar-refractivity contribution in [3.63, 3.8) is 0 Å². The molecule has 0 atom stereocenters. The summed E-state index contributed by atoms with van der Waals surface area (Å²) in [6, 6.07) is 0. The lowest BCUT2D eigenvalue weighted by atomic mass is 10.3. The van der Waals surface area contributed by atoms with Crippen molar-refractivity contribution in [2.75, 3.05) is 36.9 Å². The Morgan fingerprint density at radius 2 is 2.17 bits per heavy atom. The maximum absolute atomic E-state index is 6.00. The molecule has 1 fully saturated rings. The lowest BCUT2D eigenvalue weighted by molar-refractivity contribution is 0.123. The zero-order chi connectivity index (χ0) is 12.5. The number of rotatable bonds is 2. The van der Waals surface area contributed by atoms with E-state index in [1.165, 1.54) is 11.5 Å². The van der Waals surface area contributed by atoms with Crippen molar-refractivity contribution in [1.82, 2.24) is 9.36 Å². The number of nitrogen functional groups attached to an aromatic ring is 1. The molecule has 2 N–H and O–H groups in total. The second-order valence-electron chi connectivity index (χ2n) is 4.14. The van der Waals surface area contributed by atoms with Crippen LogP contribution in [-0.4, -0.2) is 35.7 Å². The summed E-state index contributed by atoms with van der Waals surface area (Å²) < 4.78 is 9.66. The van der Waals surface area contributed by atoms with Crippen molar-refractivity contribution >= 4 is 33.7 Å². The van der Waals surface area contributed by atoms with E-state index in [1.807, 2.05) is 12.3 Å². The van der Waals surface area contributed by atoms with Crippen molar-refractivity contribution < 1.29 is 4.74 Å². The van der Waals surface area contributed by atoms with E-state index in [0.717, 1.165) is 47.6 Å². The zero-order valence-corrected chi connectivity index (χ0v) is 11.7. The van der Waals surface area contributed by atoms with Crippen LogP contribution in [0.5, 0.6) is 0 Å². The molecule has 3 heterocycles. The molecule has 0 aliphatic carbocycles. The van der Waals surface area contributed by atoms with Gasteiger partial charge in [-0.3, -0.25) is 0 Å². The van der Waals surface area contributed by atoms with Gasteiger partial charge in [0, 0.05) is 24.2 Å². The number of nitrogens with two attached hydrogens (primary N) is 1. The number of nitrogens with zero attached hydrogens (tertiary/aromatic N) is 3. The van der Waals surface area contributed by atoms with Gasteiger partial charge in [-0.05, 0) is 18.5 Å². The minimum Gasteiger partial charge on any atom is -0.382 e. The average molecular weight is 282 g/mol. The zero-order valence-electron chi connectivity index (χ0n) is 10.0. The van der Waals surface area contributed by atoms with Crippen molar-refractivity contribution in [2.45, 2.75) is 6.92 Å². The van der Waals surface area contributed by atoms with Gasteiger partial charge in [0.15, 0.2) is 0 Å². The smallest absolute Gasteiger partial charge is 0.149 e. The number of morpholine rings is 1. The van der Waals surface area contributed by atoms with Gasteiger partial charge in [-0.2, -0.15) is 4.37 Å². The van der Waals surface area contributed by atoms with Gasteiger partial charge < -0.3 is 15.4 Å². The minimum atomic E-state index is 0.579. The largest absolute Gasteiger partial charge is 0.382 e. The molecular weight excluding hydrogens is 268 g/mol. The Morgan fingerprint density at radius 3 is 2.83 bits per heavy atom. The van der Waals surface area contributed by atoms with Crippen LogP contribution in [0.3, 0.4) is 0 Å². The third-order valence-corrected chi connectivity index (χ3v) is 4.73. The van der Waals surface area contributed by atoms with Crippen LogP contribution < -0.4 is 10.6 Å². The molecule has 2 aromatic heterocycles. The highest BCUT2D eigenvalue weighted by atomic mass is 32.1. The monoisotopic (exact) mass is 282 g/mol. The van der Waals surface area contributed by atoms with E-state index in [9.17, 15) is 0 Å². The van der Waals surface area contributed by atoms with Crippen molar-refractivity contribution in [1.29, 1.82) is 0 Å². The van der Waals surface area contributed by atoms with Crippen LogP contribution in [0.1, 0.15) is 5.69 Å². The highest BCUT2D eigenvalue weighted by Gasteiger charge is 2.22. The van der Waals surface area contributed by atoms with Crippen LogP contribution in [0.25, 0.3) is 10.6 Å². The van der Waals surface area contributed by atoms with Crippen molar-refractivity contribution in [3.05, 3.63) is 11.1 Å². The summed E-state index contributed by atoms with van der Waals surface area (Å²) in [7, 11) is 0. The van der Waals surface area contributed by atoms with Crippen LogP contribution in [-0.2, 0) is 4.74 Å². The molecule has 0 unspecified atom stereocenters. The fourth-order valence-corrected chi connectivity index (χ4v) is 3.73. The Kier molecular flexibility index (Phi) is 3.19. The number of hydrogen-bond acceptors (Lipinski definition) is 7. The molecule has 0 radical (unpaired) electrons. The highest BCUT2D eigenvalue weighted by molar-refractivity contribution is 7.15. The fraction of sp³-hybridized carbons (Fsp3) is 0.455. The van der Waals surface area contributed by atoms with E-state index < -0.39 is 0 Å². The molecule has 0 bridgehead atoms. The van der Waals surface area contributed by atoms with E-state index in [0.29, 0.717) is 5.82 Å².